The van der Waals surface area contributed by atoms with Gasteiger partial charge in [0.05, 0.1) is 29.0 Å². The van der Waals surface area contributed by atoms with Gasteiger partial charge in [0.1, 0.15) is 11.1 Å². The topological polar surface area (TPSA) is 157 Å². The number of nitro groups is 1. The van der Waals surface area contributed by atoms with E-state index in [4.69, 9.17) is 26.5 Å². The summed E-state index contributed by atoms with van der Waals surface area (Å²) in [6, 6.07) is 9.91. The summed E-state index contributed by atoms with van der Waals surface area (Å²) in [5, 5.41) is 50.6. The lowest BCUT2D eigenvalue weighted by Gasteiger charge is -2.52. The zero-order valence-electron chi connectivity index (χ0n) is 16.6. The predicted molar refractivity (Wildman–Crippen MR) is 106 cm³/mol. The van der Waals surface area contributed by atoms with E-state index in [-0.39, 0.29) is 16.5 Å². The van der Waals surface area contributed by atoms with Crippen LogP contribution in [-0.4, -0.2) is 16.6 Å². The first-order chi connectivity index (χ1) is 14.7. The van der Waals surface area contributed by atoms with Gasteiger partial charge in [-0.15, -0.1) is 0 Å². The van der Waals surface area contributed by atoms with Gasteiger partial charge in [-0.3, -0.25) is 15.5 Å². The lowest BCUT2D eigenvalue weighted by molar-refractivity contribution is -0.384. The minimum atomic E-state index is -2.14. The van der Waals surface area contributed by atoms with Gasteiger partial charge in [0.2, 0.25) is 17.1 Å². The van der Waals surface area contributed by atoms with Crippen molar-refractivity contribution in [1.82, 2.24) is 0 Å². The molecule has 2 aliphatic heterocycles. The predicted octanol–water partition coefficient (Wildman–Crippen LogP) is 4.39. The lowest BCUT2D eigenvalue weighted by Crippen LogP contribution is -2.61. The molecule has 1 aliphatic carbocycles. The SMILES string of the molecule is CCC1CCC23OC(=N)C(C#N)(C2C1)C(C#N)(C#N)C(c1ccc(Cl)c([N+](=O)[O-])c1)O3. The Morgan fingerprint density at radius 3 is 2.61 bits per heavy atom. The number of nitrogens with one attached hydrogen (secondary N) is 1. The van der Waals surface area contributed by atoms with E-state index in [9.17, 15) is 25.9 Å². The van der Waals surface area contributed by atoms with Crippen LogP contribution >= 0.6 is 11.6 Å². The molecular weight excluding hydrogens is 422 g/mol. The second-order valence-electron chi connectivity index (χ2n) is 8.26. The molecule has 1 saturated carbocycles. The van der Waals surface area contributed by atoms with Crippen LogP contribution in [0.5, 0.6) is 0 Å². The van der Waals surface area contributed by atoms with Crippen LogP contribution in [-0.2, 0) is 9.47 Å². The van der Waals surface area contributed by atoms with E-state index in [1.54, 1.807) is 0 Å². The first kappa shape index (κ1) is 21.1. The molecule has 5 atom stereocenters. The van der Waals surface area contributed by atoms with Gasteiger partial charge in [-0.1, -0.05) is 31.0 Å². The summed E-state index contributed by atoms with van der Waals surface area (Å²) in [6.45, 7) is 2.02. The van der Waals surface area contributed by atoms with E-state index in [0.29, 0.717) is 12.8 Å². The van der Waals surface area contributed by atoms with Crippen molar-refractivity contribution in [2.45, 2.75) is 44.5 Å². The molecule has 5 unspecified atom stereocenters. The largest absolute Gasteiger partial charge is 0.447 e. The summed E-state index contributed by atoms with van der Waals surface area (Å²) in [4.78, 5) is 10.7. The van der Waals surface area contributed by atoms with Crippen LogP contribution < -0.4 is 0 Å². The van der Waals surface area contributed by atoms with Gasteiger partial charge in [-0.25, -0.2) is 0 Å². The van der Waals surface area contributed by atoms with E-state index >= 15 is 0 Å². The molecule has 1 aromatic rings. The van der Waals surface area contributed by atoms with E-state index < -0.39 is 45.1 Å². The zero-order chi connectivity index (χ0) is 22.6. The fourth-order valence-corrected chi connectivity index (χ4v) is 5.61. The van der Waals surface area contributed by atoms with Gasteiger partial charge >= 0.3 is 0 Å². The van der Waals surface area contributed by atoms with E-state index in [1.165, 1.54) is 12.1 Å². The van der Waals surface area contributed by atoms with E-state index in [2.05, 4.69) is 6.07 Å². The average molecular weight is 440 g/mol. The second kappa shape index (κ2) is 6.92. The summed E-state index contributed by atoms with van der Waals surface area (Å²) in [5.74, 6) is -2.22. The number of benzene rings is 1. The normalized spacial score (nSPS) is 35.1. The molecule has 4 rings (SSSR count). The van der Waals surface area contributed by atoms with Crippen LogP contribution in [0.4, 0.5) is 5.69 Å². The van der Waals surface area contributed by atoms with Crippen LogP contribution in [0.1, 0.15) is 44.3 Å². The van der Waals surface area contributed by atoms with Crippen molar-refractivity contribution in [3.05, 3.63) is 38.9 Å². The van der Waals surface area contributed by atoms with Gasteiger partial charge in [0, 0.05) is 12.5 Å². The fraction of sp³-hybridized carbons (Fsp3) is 0.524. The third-order valence-corrected chi connectivity index (χ3v) is 7.38. The van der Waals surface area contributed by atoms with Crippen molar-refractivity contribution < 1.29 is 14.4 Å². The maximum atomic E-state index is 11.4. The average Bonchev–Trinajstić information content (AvgIpc) is 2.97. The second-order valence-corrected chi connectivity index (χ2v) is 8.67. The maximum absolute atomic E-state index is 11.4. The molecule has 0 aromatic heterocycles. The summed E-state index contributed by atoms with van der Waals surface area (Å²) in [5.41, 5.74) is -4.24. The molecule has 0 amide bonds. The summed E-state index contributed by atoms with van der Waals surface area (Å²) >= 11 is 5.93. The number of halogens is 1. The Balaban J connectivity index is 1.97. The first-order valence-corrected chi connectivity index (χ1v) is 10.3. The molecule has 31 heavy (non-hydrogen) atoms. The highest BCUT2D eigenvalue weighted by Gasteiger charge is 2.80. The number of hydrogen-bond acceptors (Lipinski definition) is 8. The van der Waals surface area contributed by atoms with Crippen LogP contribution in [0.3, 0.4) is 0 Å². The van der Waals surface area contributed by atoms with Crippen molar-refractivity contribution in [3.63, 3.8) is 0 Å². The number of nitro benzene ring substituents is 1. The highest BCUT2D eigenvalue weighted by Crippen LogP contribution is 2.70. The van der Waals surface area contributed by atoms with Gasteiger partial charge in [-0.2, -0.15) is 15.8 Å². The Labute approximate surface area is 183 Å². The third-order valence-electron chi connectivity index (χ3n) is 7.07. The Morgan fingerprint density at radius 2 is 2.03 bits per heavy atom. The van der Waals surface area contributed by atoms with Gasteiger partial charge < -0.3 is 9.47 Å². The standard InChI is InChI=1S/C21H18ClN5O4/c1-2-12-5-6-21-16(7-12)20(11-25,18(26)31-21)19(9-23,10-24)17(30-21)13-3-4-14(22)15(8-13)27(28)29/h3-4,8,12,16-17,26H,2,5-7H2,1H3. The maximum Gasteiger partial charge on any atom is 0.288 e. The summed E-state index contributed by atoms with van der Waals surface area (Å²) < 4.78 is 12.1. The number of nitriles is 3. The Bertz CT molecular complexity index is 1100. The third kappa shape index (κ3) is 2.47. The Hall–Kier alpha value is -3.19. The summed E-state index contributed by atoms with van der Waals surface area (Å²) in [7, 11) is 0. The highest BCUT2D eigenvalue weighted by atomic mass is 35.5. The Kier molecular flexibility index (Phi) is 4.70. The molecule has 10 heteroatoms. The smallest absolute Gasteiger partial charge is 0.288 e. The number of ether oxygens (including phenoxy) is 2. The molecular formula is C21H18ClN5O4. The number of rotatable bonds is 3. The molecule has 1 N–H and O–H groups in total. The van der Waals surface area contributed by atoms with Crippen LogP contribution in [0, 0.1) is 72.2 Å². The van der Waals surface area contributed by atoms with Crippen LogP contribution in [0.25, 0.3) is 0 Å². The fourth-order valence-electron chi connectivity index (χ4n) is 5.42. The van der Waals surface area contributed by atoms with Crippen molar-refractivity contribution >= 4 is 23.2 Å². The molecule has 1 aromatic carbocycles. The zero-order valence-corrected chi connectivity index (χ0v) is 17.3. The molecule has 2 heterocycles. The Morgan fingerprint density at radius 1 is 1.32 bits per heavy atom. The van der Waals surface area contributed by atoms with Crippen molar-refractivity contribution in [1.29, 1.82) is 21.2 Å². The van der Waals surface area contributed by atoms with Gasteiger partial charge in [0.25, 0.3) is 5.69 Å². The first-order valence-electron chi connectivity index (χ1n) is 9.88. The van der Waals surface area contributed by atoms with E-state index in [0.717, 1.165) is 18.9 Å². The van der Waals surface area contributed by atoms with Crippen molar-refractivity contribution in [2.75, 3.05) is 0 Å². The van der Waals surface area contributed by atoms with E-state index in [1.807, 2.05) is 19.1 Å². The van der Waals surface area contributed by atoms with Crippen molar-refractivity contribution in [2.24, 2.45) is 22.7 Å². The minimum Gasteiger partial charge on any atom is -0.447 e. The molecule has 2 saturated heterocycles. The number of nitrogens with zero attached hydrogens (tertiary/aromatic N) is 4. The quantitative estimate of drug-likeness (QED) is 0.540. The molecule has 0 radical (unpaired) electrons. The molecule has 2 bridgehead atoms. The molecule has 9 nitrogen and oxygen atoms in total. The molecule has 158 valence electrons. The van der Waals surface area contributed by atoms with Crippen LogP contribution in [0.2, 0.25) is 5.02 Å². The monoisotopic (exact) mass is 439 g/mol. The van der Waals surface area contributed by atoms with Crippen LogP contribution in [0.15, 0.2) is 18.2 Å². The molecule has 3 aliphatic rings. The lowest BCUT2D eigenvalue weighted by atomic mass is 9.50. The summed E-state index contributed by atoms with van der Waals surface area (Å²) in [6.07, 6.45) is 1.11. The van der Waals surface area contributed by atoms with Gasteiger partial charge in [0.15, 0.2) is 5.41 Å². The molecule has 0 spiro atoms. The minimum absolute atomic E-state index is 0.106. The highest BCUT2D eigenvalue weighted by molar-refractivity contribution is 6.32. The van der Waals surface area contributed by atoms with Gasteiger partial charge in [-0.05, 0) is 30.4 Å². The van der Waals surface area contributed by atoms with Crippen molar-refractivity contribution in [3.8, 4) is 18.2 Å². The number of hydrogen-bond donors (Lipinski definition) is 1. The molecule has 3 fully saturated rings.